The zero-order valence-electron chi connectivity index (χ0n) is 10.2. The molecule has 6 heteroatoms. The van der Waals surface area contributed by atoms with E-state index in [-0.39, 0.29) is 12.0 Å². The summed E-state index contributed by atoms with van der Waals surface area (Å²) < 4.78 is 26.9. The predicted molar refractivity (Wildman–Crippen MR) is 63.2 cm³/mol. The van der Waals surface area contributed by atoms with Crippen LogP contribution in [0.25, 0.3) is 0 Å². The maximum atomic E-state index is 11.2. The summed E-state index contributed by atoms with van der Waals surface area (Å²) in [5, 5.41) is 10.2. The Hall–Kier alpha value is -0.170. The highest BCUT2D eigenvalue weighted by Gasteiger charge is 2.37. The Morgan fingerprint density at radius 2 is 1.69 bits per heavy atom. The van der Waals surface area contributed by atoms with Gasteiger partial charge in [0.05, 0.1) is 5.60 Å². The van der Waals surface area contributed by atoms with Crippen molar-refractivity contribution in [1.82, 2.24) is 9.44 Å². The largest absolute Gasteiger partial charge is 0.389 e. The Balaban J connectivity index is 2.49. The van der Waals surface area contributed by atoms with E-state index in [1.54, 1.807) is 0 Å². The van der Waals surface area contributed by atoms with Gasteiger partial charge in [-0.15, -0.1) is 0 Å². The first-order valence-corrected chi connectivity index (χ1v) is 7.07. The molecule has 0 bridgehead atoms. The molecule has 3 N–H and O–H groups in total. The molecule has 1 aliphatic rings. The van der Waals surface area contributed by atoms with Gasteiger partial charge in [-0.3, -0.25) is 0 Å². The van der Waals surface area contributed by atoms with Gasteiger partial charge in [0.2, 0.25) is 0 Å². The fraction of sp³-hybridized carbons (Fsp3) is 1.00. The highest BCUT2D eigenvalue weighted by Crippen LogP contribution is 2.39. The standard InChI is InChI=1S/C10H22N2O3S/c1-9(2)4-6-10(13,7-5-9)8-12-16(14,15)11-3/h11-13H,4-8H2,1-3H3. The summed E-state index contributed by atoms with van der Waals surface area (Å²) in [6.45, 7) is 4.43. The average molecular weight is 250 g/mol. The van der Waals surface area contributed by atoms with E-state index in [2.05, 4.69) is 23.3 Å². The van der Waals surface area contributed by atoms with Crippen molar-refractivity contribution in [2.45, 2.75) is 45.1 Å². The Labute approximate surface area is 97.8 Å². The van der Waals surface area contributed by atoms with Crippen molar-refractivity contribution in [3.8, 4) is 0 Å². The lowest BCUT2D eigenvalue weighted by Crippen LogP contribution is -2.48. The van der Waals surface area contributed by atoms with Crippen LogP contribution in [0.3, 0.4) is 0 Å². The van der Waals surface area contributed by atoms with Gasteiger partial charge < -0.3 is 5.11 Å². The van der Waals surface area contributed by atoms with Crippen molar-refractivity contribution >= 4 is 10.2 Å². The second-order valence-electron chi connectivity index (χ2n) is 5.42. The lowest BCUT2D eigenvalue weighted by atomic mass is 9.71. The van der Waals surface area contributed by atoms with Crippen molar-refractivity contribution in [2.24, 2.45) is 5.41 Å². The molecule has 0 radical (unpaired) electrons. The van der Waals surface area contributed by atoms with Crippen molar-refractivity contribution in [3.05, 3.63) is 0 Å². The molecular formula is C10H22N2O3S. The van der Waals surface area contributed by atoms with Crippen molar-refractivity contribution < 1.29 is 13.5 Å². The lowest BCUT2D eigenvalue weighted by Gasteiger charge is -2.40. The van der Waals surface area contributed by atoms with Crippen LogP contribution in [0.2, 0.25) is 0 Å². The van der Waals surface area contributed by atoms with Crippen LogP contribution in [-0.2, 0) is 10.2 Å². The molecule has 1 fully saturated rings. The van der Waals surface area contributed by atoms with Crippen LogP contribution in [0.1, 0.15) is 39.5 Å². The number of hydrogen-bond acceptors (Lipinski definition) is 3. The van der Waals surface area contributed by atoms with Crippen molar-refractivity contribution in [3.63, 3.8) is 0 Å². The Kier molecular flexibility index (Phi) is 3.99. The number of rotatable bonds is 4. The molecule has 0 aliphatic heterocycles. The van der Waals surface area contributed by atoms with Gasteiger partial charge in [-0.2, -0.15) is 13.1 Å². The summed E-state index contributed by atoms with van der Waals surface area (Å²) >= 11 is 0. The summed E-state index contributed by atoms with van der Waals surface area (Å²) in [6.07, 6.45) is 3.13. The third kappa shape index (κ3) is 4.01. The van der Waals surface area contributed by atoms with Crippen LogP contribution in [0.4, 0.5) is 0 Å². The fourth-order valence-corrected chi connectivity index (χ4v) is 2.47. The molecule has 1 aliphatic carbocycles. The summed E-state index contributed by atoms with van der Waals surface area (Å²) in [5.41, 5.74) is -0.631. The summed E-state index contributed by atoms with van der Waals surface area (Å²) in [6, 6.07) is 0. The molecule has 5 nitrogen and oxygen atoms in total. The van der Waals surface area contributed by atoms with Gasteiger partial charge in [-0.05, 0) is 31.1 Å². The average Bonchev–Trinajstić information content (AvgIpc) is 2.21. The van der Waals surface area contributed by atoms with Gasteiger partial charge in [0.25, 0.3) is 10.2 Å². The molecule has 0 spiro atoms. The third-order valence-corrected chi connectivity index (χ3v) is 4.46. The molecule has 0 heterocycles. The normalized spacial score (nSPS) is 24.2. The van der Waals surface area contributed by atoms with Crippen molar-refractivity contribution in [1.29, 1.82) is 0 Å². The lowest BCUT2D eigenvalue weighted by molar-refractivity contribution is -0.0206. The number of aliphatic hydroxyl groups is 1. The molecular weight excluding hydrogens is 228 g/mol. The maximum absolute atomic E-state index is 11.2. The Morgan fingerprint density at radius 3 is 2.12 bits per heavy atom. The first-order valence-electron chi connectivity index (χ1n) is 5.59. The molecule has 1 rings (SSSR count). The van der Waals surface area contributed by atoms with E-state index in [4.69, 9.17) is 0 Å². The second-order valence-corrected chi connectivity index (χ2v) is 7.12. The first-order chi connectivity index (χ1) is 7.18. The van der Waals surface area contributed by atoms with Crippen molar-refractivity contribution in [2.75, 3.05) is 13.6 Å². The van der Waals surface area contributed by atoms with Crippen LogP contribution in [0, 0.1) is 5.41 Å². The van der Waals surface area contributed by atoms with E-state index in [0.717, 1.165) is 12.8 Å². The van der Waals surface area contributed by atoms with Gasteiger partial charge in [0.15, 0.2) is 0 Å². The number of hydrogen-bond donors (Lipinski definition) is 3. The molecule has 0 saturated heterocycles. The summed E-state index contributed by atoms with van der Waals surface area (Å²) in [7, 11) is -2.10. The molecule has 0 unspecified atom stereocenters. The predicted octanol–water partition coefficient (Wildman–Crippen LogP) is 0.371. The quantitative estimate of drug-likeness (QED) is 0.674. The third-order valence-electron chi connectivity index (χ3n) is 3.39. The minimum Gasteiger partial charge on any atom is -0.389 e. The Bertz CT molecular complexity index is 328. The Morgan fingerprint density at radius 1 is 1.19 bits per heavy atom. The van der Waals surface area contributed by atoms with E-state index >= 15 is 0 Å². The molecule has 0 aromatic carbocycles. The molecule has 0 atom stereocenters. The monoisotopic (exact) mass is 250 g/mol. The van der Waals surface area contributed by atoms with Gasteiger partial charge in [0.1, 0.15) is 0 Å². The van der Waals surface area contributed by atoms with Gasteiger partial charge in [0, 0.05) is 13.6 Å². The minimum absolute atomic E-state index is 0.0895. The van der Waals surface area contributed by atoms with Gasteiger partial charge >= 0.3 is 0 Å². The maximum Gasteiger partial charge on any atom is 0.276 e. The molecule has 16 heavy (non-hydrogen) atoms. The van der Waals surface area contributed by atoms with E-state index in [1.807, 2.05) is 0 Å². The van der Waals surface area contributed by atoms with E-state index < -0.39 is 15.8 Å². The molecule has 96 valence electrons. The molecule has 0 amide bonds. The van der Waals surface area contributed by atoms with E-state index in [0.29, 0.717) is 12.8 Å². The SMILES string of the molecule is CNS(=O)(=O)NCC1(O)CCC(C)(C)CC1. The highest BCUT2D eigenvalue weighted by atomic mass is 32.2. The van der Waals surface area contributed by atoms with Crippen LogP contribution in [0.15, 0.2) is 0 Å². The zero-order valence-corrected chi connectivity index (χ0v) is 11.0. The van der Waals surface area contributed by atoms with Crippen LogP contribution in [-0.4, -0.2) is 32.7 Å². The van der Waals surface area contributed by atoms with Gasteiger partial charge in [-0.25, -0.2) is 4.72 Å². The van der Waals surface area contributed by atoms with Crippen LogP contribution < -0.4 is 9.44 Å². The first kappa shape index (κ1) is 13.9. The zero-order chi connectivity index (χ0) is 12.4. The fourth-order valence-electron chi connectivity index (χ4n) is 1.87. The van der Waals surface area contributed by atoms with Gasteiger partial charge in [-0.1, -0.05) is 13.8 Å². The van der Waals surface area contributed by atoms with E-state index in [9.17, 15) is 13.5 Å². The topological polar surface area (TPSA) is 78.4 Å². The summed E-state index contributed by atoms with van der Waals surface area (Å²) in [4.78, 5) is 0. The molecule has 0 aromatic heterocycles. The smallest absolute Gasteiger partial charge is 0.276 e. The number of nitrogens with one attached hydrogen (secondary N) is 2. The highest BCUT2D eigenvalue weighted by molar-refractivity contribution is 7.87. The molecule has 0 aromatic rings. The molecule has 1 saturated carbocycles. The second kappa shape index (κ2) is 4.60. The van der Waals surface area contributed by atoms with E-state index in [1.165, 1.54) is 7.05 Å². The van der Waals surface area contributed by atoms with Crippen LogP contribution >= 0.6 is 0 Å². The summed E-state index contributed by atoms with van der Waals surface area (Å²) in [5.74, 6) is 0. The minimum atomic E-state index is -3.45. The van der Waals surface area contributed by atoms with Crippen LogP contribution in [0.5, 0.6) is 0 Å².